The number of hydrogen-bond donors (Lipinski definition) is 2. The number of benzene rings is 2. The number of nitrogens with zero attached hydrogens (tertiary/aromatic N) is 3. The van der Waals surface area contributed by atoms with E-state index in [1.807, 2.05) is 42.3 Å². The normalized spacial score (nSPS) is 11.1. The van der Waals surface area contributed by atoms with Crippen molar-refractivity contribution in [2.45, 2.75) is 12.8 Å². The van der Waals surface area contributed by atoms with Crippen LogP contribution in [-0.2, 0) is 13.5 Å². The minimum absolute atomic E-state index is 0. The third-order valence-electron chi connectivity index (χ3n) is 4.29. The third-order valence-corrected chi connectivity index (χ3v) is 4.29. The molecular weight excluding hydrogens is 465 g/mol. The molecule has 2 N–H and O–H groups in total. The molecule has 1 aromatic heterocycles. The van der Waals surface area contributed by atoms with Crippen molar-refractivity contribution in [3.05, 3.63) is 60.4 Å². The Labute approximate surface area is 183 Å². The zero-order chi connectivity index (χ0) is 18.9. The smallest absolute Gasteiger partial charge is 0.190 e. The van der Waals surface area contributed by atoms with Gasteiger partial charge in [-0.15, -0.1) is 24.0 Å². The SMILES string of the molecule is CN=C(NCCCOc1ccc2ccccc2c1)NCCc1cnn(C)c1.I. The number of halogens is 1. The summed E-state index contributed by atoms with van der Waals surface area (Å²) in [7, 11) is 3.71. The molecule has 0 radical (unpaired) electrons. The molecule has 0 unspecified atom stereocenters. The van der Waals surface area contributed by atoms with Gasteiger partial charge in [0.05, 0.1) is 12.8 Å². The van der Waals surface area contributed by atoms with Gasteiger partial charge in [-0.05, 0) is 41.3 Å². The molecule has 3 aromatic rings. The summed E-state index contributed by atoms with van der Waals surface area (Å²) in [6.07, 6.45) is 5.74. The second kappa shape index (κ2) is 11.5. The summed E-state index contributed by atoms with van der Waals surface area (Å²) in [5.41, 5.74) is 1.21. The molecule has 0 spiro atoms. The Hall–Kier alpha value is -2.29. The number of rotatable bonds is 8. The predicted octanol–water partition coefficient (Wildman–Crippen LogP) is 3.37. The molecule has 0 saturated heterocycles. The van der Waals surface area contributed by atoms with Gasteiger partial charge < -0.3 is 15.4 Å². The van der Waals surface area contributed by atoms with Gasteiger partial charge in [0, 0.05) is 33.4 Å². The predicted molar refractivity (Wildman–Crippen MR) is 126 cm³/mol. The van der Waals surface area contributed by atoms with Crippen LogP contribution in [0.1, 0.15) is 12.0 Å². The van der Waals surface area contributed by atoms with Crippen LogP contribution in [0, 0.1) is 0 Å². The first-order valence-corrected chi connectivity index (χ1v) is 9.28. The largest absolute Gasteiger partial charge is 0.494 e. The molecule has 0 aliphatic rings. The van der Waals surface area contributed by atoms with Gasteiger partial charge in [-0.1, -0.05) is 30.3 Å². The number of guanidine groups is 1. The Balaban J connectivity index is 0.00000280. The van der Waals surface area contributed by atoms with E-state index in [9.17, 15) is 0 Å². The van der Waals surface area contributed by atoms with Crippen LogP contribution in [0.15, 0.2) is 59.9 Å². The van der Waals surface area contributed by atoms with Gasteiger partial charge >= 0.3 is 0 Å². The molecule has 2 aromatic carbocycles. The molecule has 0 fully saturated rings. The van der Waals surface area contributed by atoms with Crippen LogP contribution >= 0.6 is 24.0 Å². The Morgan fingerprint density at radius 1 is 1.11 bits per heavy atom. The topological polar surface area (TPSA) is 63.5 Å². The molecule has 0 aliphatic carbocycles. The number of aromatic nitrogens is 2. The van der Waals surface area contributed by atoms with Crippen LogP contribution in [0.25, 0.3) is 10.8 Å². The fraction of sp³-hybridized carbons (Fsp3) is 0.333. The van der Waals surface area contributed by atoms with E-state index >= 15 is 0 Å². The summed E-state index contributed by atoms with van der Waals surface area (Å²) >= 11 is 0. The van der Waals surface area contributed by atoms with E-state index in [4.69, 9.17) is 4.74 Å². The minimum Gasteiger partial charge on any atom is -0.494 e. The van der Waals surface area contributed by atoms with E-state index in [-0.39, 0.29) is 24.0 Å². The van der Waals surface area contributed by atoms with E-state index in [2.05, 4.69) is 45.0 Å². The highest BCUT2D eigenvalue weighted by Crippen LogP contribution is 2.20. The van der Waals surface area contributed by atoms with Gasteiger partial charge in [-0.2, -0.15) is 5.10 Å². The summed E-state index contributed by atoms with van der Waals surface area (Å²) in [5.74, 6) is 1.72. The van der Waals surface area contributed by atoms with Crippen LogP contribution in [0.2, 0.25) is 0 Å². The highest BCUT2D eigenvalue weighted by Gasteiger charge is 2.00. The van der Waals surface area contributed by atoms with Gasteiger partial charge in [0.2, 0.25) is 0 Å². The van der Waals surface area contributed by atoms with Crippen molar-refractivity contribution >= 4 is 40.7 Å². The van der Waals surface area contributed by atoms with Crippen LogP contribution in [0.4, 0.5) is 0 Å². The van der Waals surface area contributed by atoms with Crippen LogP contribution < -0.4 is 15.4 Å². The van der Waals surface area contributed by atoms with Crippen molar-refractivity contribution in [2.24, 2.45) is 12.0 Å². The Bertz CT molecular complexity index is 893. The molecule has 0 amide bonds. The number of aryl methyl sites for hydroxylation is 1. The first-order valence-electron chi connectivity index (χ1n) is 9.28. The highest BCUT2D eigenvalue weighted by molar-refractivity contribution is 14.0. The molecule has 150 valence electrons. The Morgan fingerprint density at radius 3 is 2.64 bits per heavy atom. The number of ether oxygens (including phenoxy) is 1. The van der Waals surface area contributed by atoms with Gasteiger partial charge in [-0.25, -0.2) is 0 Å². The van der Waals surface area contributed by atoms with Crippen molar-refractivity contribution in [1.29, 1.82) is 0 Å². The molecule has 0 bridgehead atoms. The maximum Gasteiger partial charge on any atom is 0.190 e. The lowest BCUT2D eigenvalue weighted by atomic mass is 10.1. The molecule has 7 heteroatoms. The molecule has 0 atom stereocenters. The number of aliphatic imine (C=N–C) groups is 1. The average Bonchev–Trinajstić information content (AvgIpc) is 3.11. The fourth-order valence-electron chi connectivity index (χ4n) is 2.87. The lowest BCUT2D eigenvalue weighted by Gasteiger charge is -2.12. The maximum absolute atomic E-state index is 5.86. The van der Waals surface area contributed by atoms with E-state index in [1.54, 1.807) is 7.05 Å². The quantitative estimate of drug-likeness (QED) is 0.219. The summed E-state index contributed by atoms with van der Waals surface area (Å²) in [5, 5.41) is 13.2. The number of hydrogen-bond acceptors (Lipinski definition) is 3. The second-order valence-electron chi connectivity index (χ2n) is 6.41. The Kier molecular flexibility index (Phi) is 9.06. The monoisotopic (exact) mass is 493 g/mol. The molecule has 0 aliphatic heterocycles. The molecule has 28 heavy (non-hydrogen) atoms. The molecule has 0 saturated carbocycles. The minimum atomic E-state index is 0. The zero-order valence-electron chi connectivity index (χ0n) is 16.4. The van der Waals surface area contributed by atoms with Crippen LogP contribution in [-0.4, -0.2) is 42.5 Å². The summed E-state index contributed by atoms with van der Waals surface area (Å²) in [6.45, 7) is 2.29. The molecule has 1 heterocycles. The first-order chi connectivity index (χ1) is 13.2. The van der Waals surface area contributed by atoms with E-state index < -0.39 is 0 Å². The van der Waals surface area contributed by atoms with Gasteiger partial charge in [0.15, 0.2) is 5.96 Å². The van der Waals surface area contributed by atoms with Crippen molar-refractivity contribution in [3.8, 4) is 5.75 Å². The van der Waals surface area contributed by atoms with E-state index in [1.165, 1.54) is 16.3 Å². The molecular formula is C21H28IN5O. The molecule has 6 nitrogen and oxygen atoms in total. The second-order valence-corrected chi connectivity index (χ2v) is 6.41. The summed E-state index contributed by atoms with van der Waals surface area (Å²) in [4.78, 5) is 4.25. The molecule has 3 rings (SSSR count). The number of nitrogens with one attached hydrogen (secondary N) is 2. The van der Waals surface area contributed by atoms with E-state index in [0.29, 0.717) is 6.61 Å². The highest BCUT2D eigenvalue weighted by atomic mass is 127. The summed E-state index contributed by atoms with van der Waals surface area (Å²) < 4.78 is 7.68. The van der Waals surface area contributed by atoms with Crippen molar-refractivity contribution in [3.63, 3.8) is 0 Å². The zero-order valence-corrected chi connectivity index (χ0v) is 18.7. The van der Waals surface area contributed by atoms with Crippen molar-refractivity contribution in [2.75, 3.05) is 26.7 Å². The number of fused-ring (bicyclic) bond motifs is 1. The standard InChI is InChI=1S/C21H27N5O.HI/c1-22-21(24-12-10-17-15-25-26(2)16-17)23-11-5-13-27-20-9-8-18-6-3-4-7-19(18)14-20;/h3-4,6-9,14-16H,5,10-13H2,1-2H3,(H2,22,23,24);1H. The van der Waals surface area contributed by atoms with Crippen molar-refractivity contribution in [1.82, 2.24) is 20.4 Å². The lowest BCUT2D eigenvalue weighted by Crippen LogP contribution is -2.39. The van der Waals surface area contributed by atoms with Crippen LogP contribution in [0.5, 0.6) is 5.75 Å². The maximum atomic E-state index is 5.86. The van der Waals surface area contributed by atoms with E-state index in [0.717, 1.165) is 37.6 Å². The third kappa shape index (κ3) is 6.70. The first kappa shape index (κ1) is 22.0. The van der Waals surface area contributed by atoms with Gasteiger partial charge in [0.25, 0.3) is 0 Å². The fourth-order valence-corrected chi connectivity index (χ4v) is 2.87. The van der Waals surface area contributed by atoms with Crippen LogP contribution in [0.3, 0.4) is 0 Å². The Morgan fingerprint density at radius 2 is 1.89 bits per heavy atom. The average molecular weight is 493 g/mol. The van der Waals surface area contributed by atoms with Crippen molar-refractivity contribution < 1.29 is 4.74 Å². The lowest BCUT2D eigenvalue weighted by molar-refractivity contribution is 0.311. The van der Waals surface area contributed by atoms with Gasteiger partial charge in [-0.3, -0.25) is 9.67 Å². The summed E-state index contributed by atoms with van der Waals surface area (Å²) in [6, 6.07) is 14.5. The van der Waals surface area contributed by atoms with Gasteiger partial charge in [0.1, 0.15) is 5.75 Å².